The van der Waals surface area contributed by atoms with Gasteiger partial charge in [-0.1, -0.05) is 6.07 Å². The molecule has 2 aromatic rings. The molecule has 1 saturated heterocycles. The number of carbonyl (C=O) groups is 1. The normalized spacial score (nSPS) is 19.1. The van der Waals surface area contributed by atoms with Gasteiger partial charge in [0.25, 0.3) is 0 Å². The lowest BCUT2D eigenvalue weighted by Gasteiger charge is -2.31. The molecule has 0 aromatic carbocycles. The fraction of sp³-hybridized carbons (Fsp3) is 0.562. The number of fused-ring (bicyclic) bond motifs is 1. The van der Waals surface area contributed by atoms with Gasteiger partial charge in [0, 0.05) is 19.3 Å². The second kappa shape index (κ2) is 6.95. The molecule has 0 saturated carbocycles. The quantitative estimate of drug-likeness (QED) is 0.762. The van der Waals surface area contributed by atoms with Crippen LogP contribution in [0.15, 0.2) is 29.2 Å². The maximum atomic E-state index is 12.2. The van der Waals surface area contributed by atoms with Crippen molar-refractivity contribution in [2.45, 2.75) is 26.3 Å². The molecule has 0 aliphatic carbocycles. The summed E-state index contributed by atoms with van der Waals surface area (Å²) in [6.07, 6.45) is 3.58. The highest BCUT2D eigenvalue weighted by atomic mass is 16.5. The lowest BCUT2D eigenvalue weighted by atomic mass is 9.98. The Morgan fingerprint density at radius 3 is 3.04 bits per heavy atom. The number of hydrogen-bond acceptors (Lipinski definition) is 5. The van der Waals surface area contributed by atoms with Crippen LogP contribution in [0.3, 0.4) is 0 Å². The van der Waals surface area contributed by atoms with Crippen LogP contribution in [0, 0.1) is 5.92 Å². The van der Waals surface area contributed by atoms with Crippen LogP contribution in [0.1, 0.15) is 19.8 Å². The van der Waals surface area contributed by atoms with E-state index in [1.807, 2.05) is 25.1 Å². The third-order valence-corrected chi connectivity index (χ3v) is 4.24. The number of carbonyl (C=O) groups excluding carboxylic acids is 1. The average molecular weight is 318 g/mol. The van der Waals surface area contributed by atoms with Crippen molar-refractivity contribution in [3.8, 4) is 0 Å². The van der Waals surface area contributed by atoms with Gasteiger partial charge in [-0.2, -0.15) is 0 Å². The Morgan fingerprint density at radius 2 is 2.26 bits per heavy atom. The van der Waals surface area contributed by atoms with Gasteiger partial charge >= 0.3 is 11.7 Å². The van der Waals surface area contributed by atoms with Crippen molar-refractivity contribution in [1.82, 2.24) is 19.1 Å². The maximum Gasteiger partial charge on any atom is 0.350 e. The smallest absolute Gasteiger partial charge is 0.350 e. The van der Waals surface area contributed by atoms with E-state index in [1.165, 1.54) is 9.08 Å². The van der Waals surface area contributed by atoms with E-state index in [2.05, 4.69) is 10.00 Å². The van der Waals surface area contributed by atoms with Crippen LogP contribution in [0.2, 0.25) is 0 Å². The zero-order valence-electron chi connectivity index (χ0n) is 13.4. The van der Waals surface area contributed by atoms with E-state index in [1.54, 1.807) is 6.20 Å². The molecule has 0 spiro atoms. The molecular formula is C16H22N4O3. The molecule has 0 radical (unpaired) electrons. The maximum absolute atomic E-state index is 12.2. The van der Waals surface area contributed by atoms with E-state index in [9.17, 15) is 9.59 Å². The topological polar surface area (TPSA) is 68.8 Å². The molecule has 0 amide bonds. The number of pyridine rings is 1. The number of esters is 1. The number of rotatable bonds is 5. The van der Waals surface area contributed by atoms with Crippen LogP contribution >= 0.6 is 0 Å². The molecule has 3 heterocycles. The van der Waals surface area contributed by atoms with Crippen LogP contribution in [0.4, 0.5) is 0 Å². The summed E-state index contributed by atoms with van der Waals surface area (Å²) in [6, 6.07) is 5.49. The molecule has 1 aliphatic rings. The first-order valence-electron chi connectivity index (χ1n) is 8.12. The van der Waals surface area contributed by atoms with E-state index in [-0.39, 0.29) is 17.6 Å². The minimum atomic E-state index is -0.125. The monoisotopic (exact) mass is 318 g/mol. The number of hydrogen-bond donors (Lipinski definition) is 0. The molecule has 3 rings (SSSR count). The zero-order chi connectivity index (χ0) is 16.2. The van der Waals surface area contributed by atoms with Crippen molar-refractivity contribution in [3.63, 3.8) is 0 Å². The summed E-state index contributed by atoms with van der Waals surface area (Å²) in [5, 5.41) is 4.33. The molecule has 2 aromatic heterocycles. The molecule has 0 bridgehead atoms. The lowest BCUT2D eigenvalue weighted by molar-refractivity contribution is -0.149. The summed E-state index contributed by atoms with van der Waals surface area (Å²) >= 11 is 0. The van der Waals surface area contributed by atoms with Crippen molar-refractivity contribution < 1.29 is 9.53 Å². The van der Waals surface area contributed by atoms with Crippen LogP contribution < -0.4 is 5.69 Å². The van der Waals surface area contributed by atoms with Crippen LogP contribution in [0.5, 0.6) is 0 Å². The second-order valence-electron chi connectivity index (χ2n) is 5.83. The van der Waals surface area contributed by atoms with E-state index >= 15 is 0 Å². The summed E-state index contributed by atoms with van der Waals surface area (Å²) in [7, 11) is 0. The summed E-state index contributed by atoms with van der Waals surface area (Å²) in [4.78, 5) is 26.3. The van der Waals surface area contributed by atoms with Crippen molar-refractivity contribution in [2.75, 3.05) is 26.2 Å². The molecule has 1 atom stereocenters. The average Bonchev–Trinajstić information content (AvgIpc) is 2.90. The molecular weight excluding hydrogens is 296 g/mol. The van der Waals surface area contributed by atoms with Gasteiger partial charge in [-0.15, -0.1) is 5.10 Å². The van der Waals surface area contributed by atoms with Crippen LogP contribution in [0.25, 0.3) is 5.65 Å². The molecule has 1 fully saturated rings. The number of piperidine rings is 1. The standard InChI is InChI=1S/C16H22N4O3/c1-2-23-15(21)13-6-5-8-18(12-13)10-11-20-16(22)19-9-4-3-7-14(19)17-20/h3-4,7,9,13H,2,5-6,8,10-12H2,1H3. The van der Waals surface area contributed by atoms with Crippen molar-refractivity contribution in [1.29, 1.82) is 0 Å². The third-order valence-electron chi connectivity index (χ3n) is 4.24. The number of likely N-dealkylation sites (tertiary alicyclic amines) is 1. The minimum Gasteiger partial charge on any atom is -0.466 e. The van der Waals surface area contributed by atoms with Gasteiger partial charge in [0.2, 0.25) is 0 Å². The zero-order valence-corrected chi connectivity index (χ0v) is 13.4. The highest BCUT2D eigenvalue weighted by molar-refractivity contribution is 5.72. The van der Waals surface area contributed by atoms with E-state index in [0.29, 0.717) is 31.9 Å². The van der Waals surface area contributed by atoms with Gasteiger partial charge < -0.3 is 9.64 Å². The molecule has 1 aliphatic heterocycles. The largest absolute Gasteiger partial charge is 0.466 e. The first kappa shape index (κ1) is 15.7. The Labute approximate surface area is 134 Å². The van der Waals surface area contributed by atoms with Gasteiger partial charge in [-0.05, 0) is 38.4 Å². The van der Waals surface area contributed by atoms with Crippen molar-refractivity contribution in [3.05, 3.63) is 34.9 Å². The van der Waals surface area contributed by atoms with E-state index in [4.69, 9.17) is 4.74 Å². The van der Waals surface area contributed by atoms with Crippen LogP contribution in [-0.2, 0) is 16.1 Å². The van der Waals surface area contributed by atoms with Crippen molar-refractivity contribution in [2.24, 2.45) is 5.92 Å². The number of ether oxygens (including phenoxy) is 1. The second-order valence-corrected chi connectivity index (χ2v) is 5.83. The van der Waals surface area contributed by atoms with E-state index in [0.717, 1.165) is 19.4 Å². The molecule has 7 nitrogen and oxygen atoms in total. The first-order valence-corrected chi connectivity index (χ1v) is 8.12. The van der Waals surface area contributed by atoms with Gasteiger partial charge in [0.1, 0.15) is 0 Å². The lowest BCUT2D eigenvalue weighted by Crippen LogP contribution is -2.41. The molecule has 124 valence electrons. The minimum absolute atomic E-state index is 0.0542. The van der Waals surface area contributed by atoms with Gasteiger partial charge in [0.15, 0.2) is 5.65 Å². The Bertz CT molecular complexity index is 736. The predicted octanol–water partition coefficient (Wildman–Crippen LogP) is 0.771. The number of nitrogens with zero attached hydrogens (tertiary/aromatic N) is 4. The fourth-order valence-electron chi connectivity index (χ4n) is 3.06. The Morgan fingerprint density at radius 1 is 1.39 bits per heavy atom. The molecule has 7 heteroatoms. The summed E-state index contributed by atoms with van der Waals surface area (Å²) in [6.45, 7) is 5.12. The van der Waals surface area contributed by atoms with Gasteiger partial charge in [0.05, 0.1) is 19.1 Å². The summed E-state index contributed by atoms with van der Waals surface area (Å²) in [5.41, 5.74) is 0.528. The molecule has 23 heavy (non-hydrogen) atoms. The summed E-state index contributed by atoms with van der Waals surface area (Å²) in [5.74, 6) is -0.163. The van der Waals surface area contributed by atoms with E-state index < -0.39 is 0 Å². The first-order chi connectivity index (χ1) is 11.2. The Hall–Kier alpha value is -2.15. The summed E-state index contributed by atoms with van der Waals surface area (Å²) < 4.78 is 8.14. The third kappa shape index (κ3) is 3.44. The highest BCUT2D eigenvalue weighted by Crippen LogP contribution is 2.17. The molecule has 0 N–H and O–H groups in total. The highest BCUT2D eigenvalue weighted by Gasteiger charge is 2.26. The predicted molar refractivity (Wildman–Crippen MR) is 85.2 cm³/mol. The van der Waals surface area contributed by atoms with Crippen molar-refractivity contribution >= 4 is 11.6 Å². The Balaban J connectivity index is 1.62. The SMILES string of the molecule is CCOC(=O)C1CCCN(CCn2nc3ccccn3c2=O)C1. The number of aromatic nitrogens is 3. The Kier molecular flexibility index (Phi) is 4.76. The van der Waals surface area contributed by atoms with Gasteiger partial charge in [-0.25, -0.2) is 9.48 Å². The fourth-order valence-corrected chi connectivity index (χ4v) is 3.06. The van der Waals surface area contributed by atoms with Crippen LogP contribution in [-0.4, -0.2) is 51.3 Å². The molecule has 1 unspecified atom stereocenters. The van der Waals surface area contributed by atoms with Gasteiger partial charge in [-0.3, -0.25) is 9.20 Å².